The summed E-state index contributed by atoms with van der Waals surface area (Å²) < 4.78 is 40.5. The van der Waals surface area contributed by atoms with Gasteiger partial charge in [-0.05, 0) is 52.3 Å². The van der Waals surface area contributed by atoms with E-state index in [0.717, 1.165) is 0 Å². The van der Waals surface area contributed by atoms with Gasteiger partial charge in [0.1, 0.15) is 17.5 Å². The third-order valence-electron chi connectivity index (χ3n) is 2.80. The van der Waals surface area contributed by atoms with Gasteiger partial charge in [0.2, 0.25) is 0 Å². The zero-order valence-corrected chi connectivity index (χ0v) is 11.7. The summed E-state index contributed by atoms with van der Waals surface area (Å²) in [5.41, 5.74) is 0.654. The molecule has 19 heavy (non-hydrogen) atoms. The lowest BCUT2D eigenvalue weighted by molar-refractivity contribution is 0.549. The first kappa shape index (κ1) is 13.9. The van der Waals surface area contributed by atoms with Gasteiger partial charge < -0.3 is 4.90 Å². The number of rotatable bonds is 3. The molecule has 100 valence electrons. The molecule has 0 N–H and O–H groups in total. The van der Waals surface area contributed by atoms with E-state index in [1.54, 1.807) is 24.1 Å². The molecule has 0 aliphatic rings. The Hall–Kier alpha value is -1.49. The van der Waals surface area contributed by atoms with Gasteiger partial charge >= 0.3 is 0 Å². The third-order valence-corrected chi connectivity index (χ3v) is 3.41. The first-order valence-corrected chi connectivity index (χ1v) is 6.37. The molecule has 0 spiro atoms. The average Bonchev–Trinajstić information content (AvgIpc) is 2.40. The summed E-state index contributed by atoms with van der Waals surface area (Å²) in [5.74, 6) is -1.57. The van der Waals surface area contributed by atoms with Crippen LogP contribution in [0.5, 0.6) is 0 Å². The molecule has 0 aromatic heterocycles. The topological polar surface area (TPSA) is 3.24 Å². The standard InChI is InChI=1S/C14H11BrF3N/c1-19(10-4-2-9(16)3-5-10)8-11-13(17)7-6-12(15)14(11)18/h2-7H,8H2,1H3. The van der Waals surface area contributed by atoms with Gasteiger partial charge in [-0.25, -0.2) is 13.2 Å². The summed E-state index contributed by atoms with van der Waals surface area (Å²) in [6, 6.07) is 8.26. The molecule has 0 bridgehead atoms. The highest BCUT2D eigenvalue weighted by atomic mass is 79.9. The van der Waals surface area contributed by atoms with Crippen LogP contribution in [0.4, 0.5) is 18.9 Å². The SMILES string of the molecule is CN(Cc1c(F)ccc(Br)c1F)c1ccc(F)cc1. The van der Waals surface area contributed by atoms with E-state index >= 15 is 0 Å². The molecule has 0 saturated carbocycles. The van der Waals surface area contributed by atoms with Gasteiger partial charge in [0, 0.05) is 24.8 Å². The lowest BCUT2D eigenvalue weighted by atomic mass is 10.1. The van der Waals surface area contributed by atoms with Gasteiger partial charge in [0.05, 0.1) is 4.47 Å². The largest absolute Gasteiger partial charge is 0.370 e. The molecule has 0 radical (unpaired) electrons. The van der Waals surface area contributed by atoms with Crippen molar-refractivity contribution in [3.05, 3.63) is 63.9 Å². The van der Waals surface area contributed by atoms with Crippen LogP contribution in [0, 0.1) is 17.5 Å². The smallest absolute Gasteiger partial charge is 0.145 e. The minimum Gasteiger partial charge on any atom is -0.370 e. The van der Waals surface area contributed by atoms with Crippen LogP contribution in [-0.2, 0) is 6.54 Å². The Kier molecular flexibility index (Phi) is 4.14. The zero-order valence-electron chi connectivity index (χ0n) is 10.1. The maximum atomic E-state index is 13.8. The molecule has 0 atom stereocenters. The van der Waals surface area contributed by atoms with Gasteiger partial charge in [0.15, 0.2) is 0 Å². The van der Waals surface area contributed by atoms with E-state index in [1.807, 2.05) is 0 Å². The molecule has 5 heteroatoms. The summed E-state index contributed by atoms with van der Waals surface area (Å²) in [6.07, 6.45) is 0. The van der Waals surface area contributed by atoms with Crippen LogP contribution in [-0.4, -0.2) is 7.05 Å². The Morgan fingerprint density at radius 3 is 2.26 bits per heavy atom. The van der Waals surface area contributed by atoms with Gasteiger partial charge in [-0.3, -0.25) is 0 Å². The maximum absolute atomic E-state index is 13.8. The Labute approximate surface area is 117 Å². The second-order valence-electron chi connectivity index (χ2n) is 4.15. The fourth-order valence-electron chi connectivity index (χ4n) is 1.74. The Bertz CT molecular complexity index is 584. The fraction of sp³-hybridized carbons (Fsp3) is 0.143. The molecule has 0 aliphatic heterocycles. The Morgan fingerprint density at radius 1 is 1.00 bits per heavy atom. The molecule has 2 aromatic carbocycles. The molecule has 0 amide bonds. The van der Waals surface area contributed by atoms with Crippen LogP contribution in [0.1, 0.15) is 5.56 Å². The van der Waals surface area contributed by atoms with E-state index in [4.69, 9.17) is 0 Å². The van der Waals surface area contributed by atoms with Crippen LogP contribution in [0.15, 0.2) is 40.9 Å². The minimum absolute atomic E-state index is 0.0267. The predicted molar refractivity (Wildman–Crippen MR) is 72.6 cm³/mol. The molecule has 0 heterocycles. The Morgan fingerprint density at radius 2 is 1.63 bits per heavy atom. The molecular weight excluding hydrogens is 319 g/mol. The lowest BCUT2D eigenvalue weighted by Gasteiger charge is -2.20. The van der Waals surface area contributed by atoms with E-state index in [1.165, 1.54) is 24.3 Å². The van der Waals surface area contributed by atoms with E-state index in [9.17, 15) is 13.2 Å². The van der Waals surface area contributed by atoms with E-state index in [2.05, 4.69) is 15.9 Å². The van der Waals surface area contributed by atoms with Crippen molar-refractivity contribution in [2.24, 2.45) is 0 Å². The summed E-state index contributed by atoms with van der Waals surface area (Å²) in [7, 11) is 1.69. The summed E-state index contributed by atoms with van der Waals surface area (Å²) in [5, 5.41) is 0. The van der Waals surface area contributed by atoms with E-state index in [0.29, 0.717) is 5.69 Å². The maximum Gasteiger partial charge on any atom is 0.145 e. The van der Waals surface area contributed by atoms with Crippen LogP contribution in [0.3, 0.4) is 0 Å². The zero-order chi connectivity index (χ0) is 14.0. The van der Waals surface area contributed by atoms with Crippen molar-refractivity contribution >= 4 is 21.6 Å². The molecule has 0 unspecified atom stereocenters. The molecule has 1 nitrogen and oxygen atoms in total. The summed E-state index contributed by atoms with van der Waals surface area (Å²) >= 11 is 3.03. The number of nitrogens with zero attached hydrogens (tertiary/aromatic N) is 1. The third kappa shape index (κ3) is 3.10. The molecule has 0 fully saturated rings. The number of hydrogen-bond acceptors (Lipinski definition) is 1. The minimum atomic E-state index is -0.617. The molecule has 2 aromatic rings. The average molecular weight is 330 g/mol. The molecule has 0 aliphatic carbocycles. The normalized spacial score (nSPS) is 10.6. The predicted octanol–water partition coefficient (Wildman–Crippen LogP) is 4.50. The molecular formula is C14H11BrF3N. The van der Waals surface area contributed by atoms with Crippen molar-refractivity contribution in [1.82, 2.24) is 0 Å². The first-order valence-electron chi connectivity index (χ1n) is 5.58. The van der Waals surface area contributed by atoms with Gasteiger partial charge in [0.25, 0.3) is 0 Å². The van der Waals surface area contributed by atoms with Gasteiger partial charge in [-0.15, -0.1) is 0 Å². The number of benzene rings is 2. The fourth-order valence-corrected chi connectivity index (χ4v) is 2.11. The monoisotopic (exact) mass is 329 g/mol. The van der Waals surface area contributed by atoms with Crippen LogP contribution in [0.25, 0.3) is 0 Å². The van der Waals surface area contributed by atoms with E-state index in [-0.39, 0.29) is 22.4 Å². The second kappa shape index (κ2) is 5.65. The van der Waals surface area contributed by atoms with Gasteiger partial charge in [-0.2, -0.15) is 0 Å². The Balaban J connectivity index is 2.26. The van der Waals surface area contributed by atoms with E-state index < -0.39 is 11.6 Å². The highest BCUT2D eigenvalue weighted by Crippen LogP contribution is 2.24. The van der Waals surface area contributed by atoms with Crippen molar-refractivity contribution in [1.29, 1.82) is 0 Å². The first-order chi connectivity index (χ1) is 8.99. The summed E-state index contributed by atoms with van der Waals surface area (Å²) in [4.78, 5) is 1.65. The van der Waals surface area contributed by atoms with Crippen molar-refractivity contribution < 1.29 is 13.2 Å². The highest BCUT2D eigenvalue weighted by molar-refractivity contribution is 9.10. The highest BCUT2D eigenvalue weighted by Gasteiger charge is 2.14. The van der Waals surface area contributed by atoms with Crippen molar-refractivity contribution in [2.45, 2.75) is 6.54 Å². The molecule has 2 rings (SSSR count). The van der Waals surface area contributed by atoms with Crippen LogP contribution in [0.2, 0.25) is 0 Å². The molecule has 0 saturated heterocycles. The number of hydrogen-bond donors (Lipinski definition) is 0. The van der Waals surface area contributed by atoms with Crippen LogP contribution >= 0.6 is 15.9 Å². The number of halogens is 4. The van der Waals surface area contributed by atoms with Crippen molar-refractivity contribution in [3.8, 4) is 0 Å². The number of anilines is 1. The van der Waals surface area contributed by atoms with Gasteiger partial charge in [-0.1, -0.05) is 0 Å². The van der Waals surface area contributed by atoms with Crippen molar-refractivity contribution in [2.75, 3.05) is 11.9 Å². The second-order valence-corrected chi connectivity index (χ2v) is 5.01. The van der Waals surface area contributed by atoms with Crippen LogP contribution < -0.4 is 4.90 Å². The quantitative estimate of drug-likeness (QED) is 0.749. The lowest BCUT2D eigenvalue weighted by Crippen LogP contribution is -2.18. The summed E-state index contributed by atoms with van der Waals surface area (Å²) in [6.45, 7) is 0.0583. The van der Waals surface area contributed by atoms with Crippen molar-refractivity contribution in [3.63, 3.8) is 0 Å².